The summed E-state index contributed by atoms with van der Waals surface area (Å²) < 4.78 is 0. The lowest BCUT2D eigenvalue weighted by Crippen LogP contribution is -2.32. The maximum atomic E-state index is 5.84. The summed E-state index contributed by atoms with van der Waals surface area (Å²) in [5.41, 5.74) is 6.86. The smallest absolute Gasteiger partial charge is 0.134 e. The highest BCUT2D eigenvalue weighted by Crippen LogP contribution is 2.19. The second kappa shape index (κ2) is 5.31. The highest BCUT2D eigenvalue weighted by molar-refractivity contribution is 5.54. The van der Waals surface area contributed by atoms with Gasteiger partial charge in [-0.2, -0.15) is 0 Å². The molecule has 2 rings (SSSR count). The number of nitrogens with two attached hydrogens (primary N) is 1. The Morgan fingerprint density at radius 1 is 1.53 bits per heavy atom. The topological polar surface area (TPSA) is 67.1 Å². The molecular weight excluding hydrogens is 214 g/mol. The van der Waals surface area contributed by atoms with E-state index in [9.17, 15) is 0 Å². The van der Waals surface area contributed by atoms with Crippen molar-refractivity contribution in [3.8, 4) is 0 Å². The molecule has 94 valence electrons. The molecule has 0 amide bonds. The van der Waals surface area contributed by atoms with Crippen LogP contribution in [0, 0.1) is 0 Å². The van der Waals surface area contributed by atoms with Crippen LogP contribution < -0.4 is 11.1 Å². The molecule has 1 aliphatic rings. The van der Waals surface area contributed by atoms with Crippen molar-refractivity contribution in [2.24, 2.45) is 0 Å². The molecule has 2 heterocycles. The Hall–Kier alpha value is -1.36. The minimum atomic E-state index is 0.588. The van der Waals surface area contributed by atoms with E-state index < -0.39 is 0 Å². The van der Waals surface area contributed by atoms with Crippen molar-refractivity contribution in [3.05, 3.63) is 11.9 Å². The van der Waals surface area contributed by atoms with Gasteiger partial charge in [-0.25, -0.2) is 9.97 Å². The fraction of sp³-hybridized carbons (Fsp3) is 0.667. The number of likely N-dealkylation sites (N-methyl/N-ethyl adjacent to an activating group) is 1. The van der Waals surface area contributed by atoms with Crippen molar-refractivity contribution >= 4 is 11.6 Å². The highest BCUT2D eigenvalue weighted by atomic mass is 15.2. The molecule has 0 saturated carbocycles. The second-order valence-corrected chi connectivity index (χ2v) is 4.60. The normalized spacial score (nSPS) is 20.7. The number of likely N-dealkylation sites (tertiary alicyclic amines) is 1. The van der Waals surface area contributed by atoms with Crippen LogP contribution >= 0.6 is 0 Å². The molecule has 0 bridgehead atoms. The summed E-state index contributed by atoms with van der Waals surface area (Å²) in [5, 5.41) is 3.40. The molecule has 0 spiro atoms. The van der Waals surface area contributed by atoms with Crippen LogP contribution in [0.15, 0.2) is 6.33 Å². The molecule has 1 aliphatic heterocycles. The molecule has 1 fully saturated rings. The van der Waals surface area contributed by atoms with E-state index in [1.165, 1.54) is 25.7 Å². The van der Waals surface area contributed by atoms with Gasteiger partial charge < -0.3 is 16.0 Å². The third-order valence-corrected chi connectivity index (χ3v) is 3.51. The number of aromatic nitrogens is 2. The van der Waals surface area contributed by atoms with E-state index in [2.05, 4.69) is 34.2 Å². The fourth-order valence-corrected chi connectivity index (χ4v) is 2.38. The lowest BCUT2D eigenvalue weighted by atomic mass is 10.2. The molecule has 0 radical (unpaired) electrons. The Morgan fingerprint density at radius 2 is 2.35 bits per heavy atom. The lowest BCUT2D eigenvalue weighted by Gasteiger charge is -2.20. The zero-order valence-corrected chi connectivity index (χ0v) is 10.6. The van der Waals surface area contributed by atoms with Crippen LogP contribution in [0.5, 0.6) is 0 Å². The summed E-state index contributed by atoms with van der Waals surface area (Å²) in [7, 11) is 2.18. The molecule has 0 aromatic carbocycles. The molecule has 1 aromatic rings. The molecule has 3 N–H and O–H groups in total. The number of nitrogen functional groups attached to an aromatic ring is 1. The first-order valence-corrected chi connectivity index (χ1v) is 6.25. The summed E-state index contributed by atoms with van der Waals surface area (Å²) in [6.07, 6.45) is 4.92. The molecule has 17 heavy (non-hydrogen) atoms. The average Bonchev–Trinajstić information content (AvgIpc) is 2.72. The van der Waals surface area contributed by atoms with Crippen molar-refractivity contribution in [3.63, 3.8) is 0 Å². The van der Waals surface area contributed by atoms with E-state index >= 15 is 0 Å². The zero-order valence-electron chi connectivity index (χ0n) is 10.6. The van der Waals surface area contributed by atoms with Crippen LogP contribution in [0.1, 0.15) is 25.3 Å². The van der Waals surface area contributed by atoms with Gasteiger partial charge in [0, 0.05) is 18.2 Å². The first-order valence-electron chi connectivity index (χ1n) is 6.25. The minimum absolute atomic E-state index is 0.588. The Kier molecular flexibility index (Phi) is 3.78. The molecule has 0 aliphatic carbocycles. The van der Waals surface area contributed by atoms with Crippen LogP contribution in [0.2, 0.25) is 0 Å². The van der Waals surface area contributed by atoms with Gasteiger partial charge in [-0.3, -0.25) is 0 Å². The molecule has 5 heteroatoms. The van der Waals surface area contributed by atoms with Gasteiger partial charge in [0.15, 0.2) is 0 Å². The van der Waals surface area contributed by atoms with Gasteiger partial charge in [-0.1, -0.05) is 6.92 Å². The van der Waals surface area contributed by atoms with E-state index in [1.807, 2.05) is 0 Å². The first-order chi connectivity index (χ1) is 8.22. The number of rotatable bonds is 4. The van der Waals surface area contributed by atoms with Gasteiger partial charge >= 0.3 is 0 Å². The van der Waals surface area contributed by atoms with Gasteiger partial charge in [0.05, 0.1) is 0 Å². The minimum Gasteiger partial charge on any atom is -0.383 e. The van der Waals surface area contributed by atoms with Crippen LogP contribution in [0.3, 0.4) is 0 Å². The number of nitrogens with zero attached hydrogens (tertiary/aromatic N) is 3. The SMILES string of the molecule is CCc1c(N)ncnc1NCC1CCCN1C. The summed E-state index contributed by atoms with van der Waals surface area (Å²) in [4.78, 5) is 10.7. The van der Waals surface area contributed by atoms with E-state index in [0.29, 0.717) is 11.9 Å². The zero-order chi connectivity index (χ0) is 12.3. The van der Waals surface area contributed by atoms with Crippen molar-refractivity contribution in [2.75, 3.05) is 31.2 Å². The van der Waals surface area contributed by atoms with E-state index in [4.69, 9.17) is 5.73 Å². The van der Waals surface area contributed by atoms with Crippen LogP contribution in [-0.2, 0) is 6.42 Å². The molecule has 1 saturated heterocycles. The Bertz CT molecular complexity index is 379. The Labute approximate surface area is 102 Å². The van der Waals surface area contributed by atoms with Crippen molar-refractivity contribution in [1.29, 1.82) is 0 Å². The number of hydrogen-bond donors (Lipinski definition) is 2. The maximum absolute atomic E-state index is 5.84. The fourth-order valence-electron chi connectivity index (χ4n) is 2.38. The maximum Gasteiger partial charge on any atom is 0.134 e. The first kappa shape index (κ1) is 12.1. The lowest BCUT2D eigenvalue weighted by molar-refractivity contribution is 0.322. The van der Waals surface area contributed by atoms with E-state index in [-0.39, 0.29) is 0 Å². The van der Waals surface area contributed by atoms with E-state index in [1.54, 1.807) is 0 Å². The van der Waals surface area contributed by atoms with Gasteiger partial charge in [0.2, 0.25) is 0 Å². The standard InChI is InChI=1S/C12H21N5/c1-3-10-11(13)15-8-16-12(10)14-7-9-5-4-6-17(9)2/h8-9H,3-7H2,1-2H3,(H3,13,14,15,16). The van der Waals surface area contributed by atoms with Crippen molar-refractivity contribution in [1.82, 2.24) is 14.9 Å². The summed E-state index contributed by atoms with van der Waals surface area (Å²) in [5.74, 6) is 1.48. The average molecular weight is 235 g/mol. The van der Waals surface area contributed by atoms with Crippen LogP contribution in [0.25, 0.3) is 0 Å². The van der Waals surface area contributed by atoms with Crippen molar-refractivity contribution < 1.29 is 0 Å². The predicted molar refractivity (Wildman–Crippen MR) is 70.0 cm³/mol. The quantitative estimate of drug-likeness (QED) is 0.819. The van der Waals surface area contributed by atoms with Gasteiger partial charge in [0.25, 0.3) is 0 Å². The third-order valence-electron chi connectivity index (χ3n) is 3.51. The summed E-state index contributed by atoms with van der Waals surface area (Å²) in [6.45, 7) is 4.20. The number of hydrogen-bond acceptors (Lipinski definition) is 5. The summed E-state index contributed by atoms with van der Waals surface area (Å²) in [6, 6.07) is 0.607. The third kappa shape index (κ3) is 2.66. The monoisotopic (exact) mass is 235 g/mol. The van der Waals surface area contributed by atoms with Gasteiger partial charge in [-0.15, -0.1) is 0 Å². The Morgan fingerprint density at radius 3 is 3.00 bits per heavy atom. The number of nitrogens with one attached hydrogen (secondary N) is 1. The number of anilines is 2. The molecule has 5 nitrogen and oxygen atoms in total. The van der Waals surface area contributed by atoms with Crippen LogP contribution in [-0.4, -0.2) is 41.0 Å². The molecular formula is C12H21N5. The van der Waals surface area contributed by atoms with Crippen LogP contribution in [0.4, 0.5) is 11.6 Å². The largest absolute Gasteiger partial charge is 0.383 e. The van der Waals surface area contributed by atoms with E-state index in [0.717, 1.165) is 24.3 Å². The van der Waals surface area contributed by atoms with Gasteiger partial charge in [0.1, 0.15) is 18.0 Å². The highest BCUT2D eigenvalue weighted by Gasteiger charge is 2.20. The van der Waals surface area contributed by atoms with Crippen molar-refractivity contribution in [2.45, 2.75) is 32.2 Å². The molecule has 1 unspecified atom stereocenters. The molecule has 1 atom stereocenters. The molecule has 1 aromatic heterocycles. The second-order valence-electron chi connectivity index (χ2n) is 4.60. The predicted octanol–water partition coefficient (Wildman–Crippen LogP) is 1.13. The summed E-state index contributed by atoms with van der Waals surface area (Å²) >= 11 is 0. The Balaban J connectivity index is 2.01. The van der Waals surface area contributed by atoms with Gasteiger partial charge in [-0.05, 0) is 32.9 Å².